The van der Waals surface area contributed by atoms with Gasteiger partial charge in [0.1, 0.15) is 17.7 Å². The van der Waals surface area contributed by atoms with Gasteiger partial charge in [0, 0.05) is 6.20 Å². The second-order valence-electron chi connectivity index (χ2n) is 9.77. The number of esters is 1. The quantitative estimate of drug-likeness (QED) is 0.269. The predicted molar refractivity (Wildman–Crippen MR) is 135 cm³/mol. The Labute approximate surface area is 215 Å². The monoisotopic (exact) mass is 518 g/mol. The number of β-lactam (4-membered cyclic amide) rings is 1. The number of benzene rings is 2. The van der Waals surface area contributed by atoms with Crippen LogP contribution in [0.3, 0.4) is 0 Å². The summed E-state index contributed by atoms with van der Waals surface area (Å²) in [6.07, 6.45) is 1.24. The van der Waals surface area contributed by atoms with Gasteiger partial charge in [0.15, 0.2) is 15.9 Å². The number of aromatic nitrogens is 1. The summed E-state index contributed by atoms with van der Waals surface area (Å²) in [5.41, 5.74) is 1.73. The molecule has 2 fully saturated rings. The van der Waals surface area contributed by atoms with E-state index in [9.17, 15) is 22.8 Å². The minimum Gasteiger partial charge on any atom is -0.451 e. The van der Waals surface area contributed by atoms with Crippen molar-refractivity contribution in [3.8, 4) is 0 Å². The highest BCUT2D eigenvalue weighted by Gasteiger charge is 2.73. The molecule has 2 aliphatic heterocycles. The average molecular weight is 519 g/mol. The van der Waals surface area contributed by atoms with E-state index >= 15 is 0 Å². The van der Waals surface area contributed by atoms with Crippen molar-refractivity contribution in [2.24, 2.45) is 5.92 Å². The Morgan fingerprint density at radius 1 is 0.973 bits per heavy atom. The number of carbonyl (C=O) groups excluding carboxylic acids is 3. The molecule has 0 saturated carbocycles. The van der Waals surface area contributed by atoms with E-state index in [-0.39, 0.29) is 0 Å². The molecule has 9 heteroatoms. The van der Waals surface area contributed by atoms with Crippen LogP contribution in [0.5, 0.6) is 0 Å². The first-order chi connectivity index (χ1) is 17.7. The first kappa shape index (κ1) is 24.8. The van der Waals surface area contributed by atoms with Gasteiger partial charge in [-0.3, -0.25) is 9.78 Å². The van der Waals surface area contributed by atoms with E-state index in [1.54, 1.807) is 18.2 Å². The summed E-state index contributed by atoms with van der Waals surface area (Å²) in [5.74, 6) is -3.61. The Balaban J connectivity index is 1.50. The predicted octanol–water partition coefficient (Wildman–Crippen LogP) is 3.06. The van der Waals surface area contributed by atoms with Crippen molar-refractivity contribution >= 4 is 28.0 Å². The summed E-state index contributed by atoms with van der Waals surface area (Å²) in [5, 5.41) is -1.32. The first-order valence-electron chi connectivity index (χ1n) is 11.9. The SMILES string of the molecule is CC1(C)[C@H](C(=O)OC(c2ccccc2)c2ccccc2)N2C(=O)C(C(C=O)c3ccccn3)[C@H]2S1(=O)=O. The molecule has 3 aromatic rings. The van der Waals surface area contributed by atoms with Gasteiger partial charge in [-0.1, -0.05) is 66.7 Å². The number of aldehydes is 1. The fourth-order valence-corrected chi connectivity index (χ4v) is 7.67. The molecule has 0 N–H and O–H groups in total. The second-order valence-corrected chi connectivity index (χ2v) is 12.4. The van der Waals surface area contributed by atoms with Gasteiger partial charge >= 0.3 is 5.97 Å². The molecule has 2 saturated heterocycles. The number of hydrogen-bond donors (Lipinski definition) is 0. The van der Waals surface area contributed by atoms with Crippen LogP contribution in [0.2, 0.25) is 0 Å². The third kappa shape index (κ3) is 3.85. The molecule has 2 aliphatic rings. The molecular weight excluding hydrogens is 492 g/mol. The van der Waals surface area contributed by atoms with Gasteiger partial charge in [-0.05, 0) is 37.1 Å². The number of hydrogen-bond acceptors (Lipinski definition) is 7. The number of amides is 1. The van der Waals surface area contributed by atoms with Crippen LogP contribution in [-0.2, 0) is 29.0 Å². The number of pyridine rings is 1. The van der Waals surface area contributed by atoms with E-state index in [0.717, 1.165) is 4.90 Å². The van der Waals surface area contributed by atoms with Crippen molar-refractivity contribution in [1.29, 1.82) is 0 Å². The van der Waals surface area contributed by atoms with Crippen molar-refractivity contribution in [3.63, 3.8) is 0 Å². The molecule has 3 heterocycles. The normalized spacial score (nSPS) is 24.1. The standard InChI is InChI=1S/C28H26N2O6S/c1-28(2)24(27(33)36-23(18-11-5-3-6-12-18)19-13-7-4-8-14-19)30-25(32)22(26(30)37(28,34)35)20(17-31)21-15-9-10-16-29-21/h3-17,20,22-24,26H,1-2H3/t20?,22?,24-,26+/m0/s1. The van der Waals surface area contributed by atoms with Gasteiger partial charge in [0.05, 0.1) is 22.3 Å². The van der Waals surface area contributed by atoms with Crippen LogP contribution in [0.25, 0.3) is 0 Å². The maximum absolute atomic E-state index is 13.7. The lowest BCUT2D eigenvalue weighted by molar-refractivity contribution is -0.169. The third-order valence-electron chi connectivity index (χ3n) is 7.33. The molecule has 1 amide bonds. The summed E-state index contributed by atoms with van der Waals surface area (Å²) >= 11 is 0. The number of fused-ring (bicyclic) bond motifs is 1. The maximum atomic E-state index is 13.7. The van der Waals surface area contributed by atoms with E-state index < -0.39 is 55.8 Å². The minimum atomic E-state index is -4.05. The fraction of sp³-hybridized carbons (Fsp3) is 0.286. The largest absolute Gasteiger partial charge is 0.451 e. The molecule has 4 atom stereocenters. The lowest BCUT2D eigenvalue weighted by atomic mass is 9.81. The summed E-state index contributed by atoms with van der Waals surface area (Å²) < 4.78 is 31.7. The molecule has 0 aliphatic carbocycles. The zero-order valence-electron chi connectivity index (χ0n) is 20.3. The molecule has 2 aromatic carbocycles. The van der Waals surface area contributed by atoms with E-state index in [1.165, 1.54) is 20.0 Å². The van der Waals surface area contributed by atoms with Gasteiger partial charge in [0.25, 0.3) is 0 Å². The highest BCUT2D eigenvalue weighted by atomic mass is 32.2. The van der Waals surface area contributed by atoms with Crippen LogP contribution in [0.15, 0.2) is 85.1 Å². The molecule has 0 radical (unpaired) electrons. The van der Waals surface area contributed by atoms with Gasteiger partial charge < -0.3 is 14.4 Å². The Hall–Kier alpha value is -3.85. The van der Waals surface area contributed by atoms with Gasteiger partial charge in [-0.2, -0.15) is 0 Å². The minimum absolute atomic E-state index is 0.308. The number of carbonyl (C=O) groups is 3. The van der Waals surface area contributed by atoms with E-state index in [2.05, 4.69) is 4.98 Å². The maximum Gasteiger partial charge on any atom is 0.331 e. The summed E-state index contributed by atoms with van der Waals surface area (Å²) in [7, 11) is -4.05. The van der Waals surface area contributed by atoms with Crippen molar-refractivity contribution in [2.45, 2.75) is 42.0 Å². The van der Waals surface area contributed by atoms with Crippen LogP contribution < -0.4 is 0 Å². The Morgan fingerprint density at radius 2 is 1.54 bits per heavy atom. The molecule has 190 valence electrons. The summed E-state index contributed by atoms with van der Waals surface area (Å²) in [6, 6.07) is 21.8. The lowest BCUT2D eigenvalue weighted by Crippen LogP contribution is -2.65. The molecule has 2 unspecified atom stereocenters. The highest BCUT2D eigenvalue weighted by molar-refractivity contribution is 7.93. The molecule has 37 heavy (non-hydrogen) atoms. The van der Waals surface area contributed by atoms with Crippen molar-refractivity contribution < 1.29 is 27.5 Å². The van der Waals surface area contributed by atoms with Crippen LogP contribution in [0.1, 0.15) is 42.7 Å². The molecule has 5 rings (SSSR count). The van der Waals surface area contributed by atoms with Gasteiger partial charge in [-0.25, -0.2) is 13.2 Å². The first-order valence-corrected chi connectivity index (χ1v) is 13.5. The zero-order valence-corrected chi connectivity index (χ0v) is 21.1. The smallest absolute Gasteiger partial charge is 0.331 e. The van der Waals surface area contributed by atoms with E-state index in [1.807, 2.05) is 60.7 Å². The number of sulfone groups is 1. The Morgan fingerprint density at radius 3 is 2.05 bits per heavy atom. The van der Waals surface area contributed by atoms with Crippen LogP contribution in [0, 0.1) is 5.92 Å². The van der Waals surface area contributed by atoms with E-state index in [4.69, 9.17) is 4.74 Å². The number of rotatable bonds is 7. The van der Waals surface area contributed by atoms with Crippen molar-refractivity contribution in [1.82, 2.24) is 9.88 Å². The molecule has 1 aromatic heterocycles. The third-order valence-corrected chi connectivity index (χ3v) is 10.2. The molecular formula is C28H26N2O6S. The fourth-order valence-electron chi connectivity index (χ4n) is 5.33. The Bertz CT molecular complexity index is 1390. The van der Waals surface area contributed by atoms with Crippen LogP contribution in [0.4, 0.5) is 0 Å². The summed E-state index contributed by atoms with van der Waals surface area (Å²) in [4.78, 5) is 44.4. The zero-order chi connectivity index (χ0) is 26.4. The Kier molecular flexibility index (Phi) is 6.19. The van der Waals surface area contributed by atoms with Gasteiger partial charge in [-0.15, -0.1) is 0 Å². The van der Waals surface area contributed by atoms with Crippen LogP contribution in [-0.4, -0.2) is 52.6 Å². The van der Waals surface area contributed by atoms with Gasteiger partial charge in [0.2, 0.25) is 5.91 Å². The molecule has 0 bridgehead atoms. The van der Waals surface area contributed by atoms with E-state index in [0.29, 0.717) is 23.1 Å². The summed E-state index contributed by atoms with van der Waals surface area (Å²) in [6.45, 7) is 2.85. The topological polar surface area (TPSA) is 111 Å². The number of nitrogens with zero attached hydrogens (tertiary/aromatic N) is 2. The molecule has 8 nitrogen and oxygen atoms in total. The highest BCUT2D eigenvalue weighted by Crippen LogP contribution is 2.52. The number of ether oxygens (including phenoxy) is 1. The average Bonchev–Trinajstić information content (AvgIpc) is 3.06. The van der Waals surface area contributed by atoms with Crippen molar-refractivity contribution in [2.75, 3.05) is 0 Å². The van der Waals surface area contributed by atoms with Crippen molar-refractivity contribution in [3.05, 3.63) is 102 Å². The van der Waals surface area contributed by atoms with Crippen LogP contribution >= 0.6 is 0 Å². The molecule has 0 spiro atoms. The lowest BCUT2D eigenvalue weighted by Gasteiger charge is -2.45. The second kappa shape index (κ2) is 9.23.